The molecule has 0 radical (unpaired) electrons. The maximum Gasteiger partial charge on any atom is 0.0139 e. The number of hydrogen-bond donors (Lipinski definition) is 1. The van der Waals surface area contributed by atoms with Gasteiger partial charge >= 0.3 is 0 Å². The van der Waals surface area contributed by atoms with Gasteiger partial charge in [0, 0.05) is 12.1 Å². The Hall–Kier alpha value is -0.300. The summed E-state index contributed by atoms with van der Waals surface area (Å²) in [4.78, 5) is 0. The molecule has 0 aromatic rings. The van der Waals surface area contributed by atoms with Gasteiger partial charge < -0.3 is 5.32 Å². The van der Waals surface area contributed by atoms with Crippen molar-refractivity contribution in [3.8, 4) is 0 Å². The van der Waals surface area contributed by atoms with E-state index >= 15 is 0 Å². The number of nitrogens with one attached hydrogen (secondary N) is 1. The summed E-state index contributed by atoms with van der Waals surface area (Å²) in [5.74, 6) is 0. The predicted octanol–water partition coefficient (Wildman–Crippen LogP) is 2.63. The van der Waals surface area contributed by atoms with Gasteiger partial charge in [-0.1, -0.05) is 18.6 Å². The summed E-state index contributed by atoms with van der Waals surface area (Å²) in [7, 11) is 0. The minimum absolute atomic E-state index is 0.780. The minimum Gasteiger partial charge on any atom is -0.310 e. The van der Waals surface area contributed by atoms with Crippen LogP contribution in [0.2, 0.25) is 0 Å². The maximum absolute atomic E-state index is 3.85. The standard InChI is InChI=1S/C12H19N/c1-2-5-10(4-1)13-11-6-9-12(11)7-3-8-12/h1-2,10-11,13H,3-9H2. The molecule has 0 aromatic carbocycles. The van der Waals surface area contributed by atoms with Crippen LogP contribution in [-0.2, 0) is 0 Å². The fourth-order valence-corrected chi connectivity index (χ4v) is 3.22. The van der Waals surface area contributed by atoms with Crippen LogP contribution in [0.1, 0.15) is 44.9 Å². The normalized spacial score (nSPS) is 36.2. The Labute approximate surface area is 80.6 Å². The van der Waals surface area contributed by atoms with E-state index in [1.165, 1.54) is 44.9 Å². The van der Waals surface area contributed by atoms with Crippen molar-refractivity contribution in [1.29, 1.82) is 0 Å². The van der Waals surface area contributed by atoms with Crippen molar-refractivity contribution in [1.82, 2.24) is 5.32 Å². The van der Waals surface area contributed by atoms with Crippen LogP contribution >= 0.6 is 0 Å². The molecule has 1 nitrogen and oxygen atoms in total. The number of hydrogen-bond acceptors (Lipinski definition) is 1. The Balaban J connectivity index is 1.55. The van der Waals surface area contributed by atoms with E-state index < -0.39 is 0 Å². The van der Waals surface area contributed by atoms with Crippen LogP contribution in [-0.4, -0.2) is 12.1 Å². The van der Waals surface area contributed by atoms with Crippen molar-refractivity contribution in [2.75, 3.05) is 0 Å². The van der Waals surface area contributed by atoms with E-state index in [-0.39, 0.29) is 0 Å². The van der Waals surface area contributed by atoms with E-state index in [9.17, 15) is 0 Å². The largest absolute Gasteiger partial charge is 0.310 e. The molecular formula is C12H19N. The highest BCUT2D eigenvalue weighted by Crippen LogP contribution is 2.56. The summed E-state index contributed by atoms with van der Waals surface area (Å²) in [5, 5.41) is 3.85. The van der Waals surface area contributed by atoms with Crippen LogP contribution in [0.15, 0.2) is 12.2 Å². The predicted molar refractivity (Wildman–Crippen MR) is 54.6 cm³/mol. The van der Waals surface area contributed by atoms with Crippen LogP contribution in [0.4, 0.5) is 0 Å². The molecule has 0 saturated heterocycles. The average Bonchev–Trinajstić information content (AvgIpc) is 2.47. The summed E-state index contributed by atoms with van der Waals surface area (Å²) in [6.07, 6.45) is 14.6. The van der Waals surface area contributed by atoms with Gasteiger partial charge in [-0.3, -0.25) is 0 Å². The van der Waals surface area contributed by atoms with Gasteiger partial charge in [0.05, 0.1) is 0 Å². The summed E-state index contributed by atoms with van der Waals surface area (Å²) in [6, 6.07) is 1.66. The first kappa shape index (κ1) is 8.05. The molecule has 3 aliphatic carbocycles. The SMILES string of the molecule is C1=CCC(NC2CCC23CCC3)C1. The van der Waals surface area contributed by atoms with E-state index in [0.29, 0.717) is 0 Å². The van der Waals surface area contributed by atoms with Crippen molar-refractivity contribution in [2.45, 2.75) is 57.0 Å². The van der Waals surface area contributed by atoms with Gasteiger partial charge in [0.1, 0.15) is 0 Å². The molecule has 3 rings (SSSR count). The fourth-order valence-electron chi connectivity index (χ4n) is 3.22. The van der Waals surface area contributed by atoms with Crippen molar-refractivity contribution >= 4 is 0 Å². The molecule has 1 atom stereocenters. The molecule has 3 aliphatic rings. The molecule has 72 valence electrons. The smallest absolute Gasteiger partial charge is 0.0139 e. The quantitative estimate of drug-likeness (QED) is 0.639. The first-order valence-corrected chi connectivity index (χ1v) is 5.80. The van der Waals surface area contributed by atoms with Gasteiger partial charge in [0.15, 0.2) is 0 Å². The lowest BCUT2D eigenvalue weighted by atomic mass is 9.53. The Bertz CT molecular complexity index is 214. The minimum atomic E-state index is 0.780. The zero-order chi connectivity index (χ0) is 8.73. The summed E-state index contributed by atoms with van der Waals surface area (Å²) in [6.45, 7) is 0. The summed E-state index contributed by atoms with van der Waals surface area (Å²) in [5.41, 5.74) is 0.780. The average molecular weight is 177 g/mol. The molecule has 2 fully saturated rings. The Morgan fingerprint density at radius 2 is 1.85 bits per heavy atom. The zero-order valence-electron chi connectivity index (χ0n) is 8.26. The summed E-state index contributed by atoms with van der Waals surface area (Å²) >= 11 is 0. The Morgan fingerprint density at radius 1 is 1.08 bits per heavy atom. The van der Waals surface area contributed by atoms with E-state index in [1.807, 2.05) is 0 Å². The molecule has 1 spiro atoms. The zero-order valence-corrected chi connectivity index (χ0v) is 8.26. The second-order valence-corrected chi connectivity index (χ2v) is 5.11. The van der Waals surface area contributed by atoms with Crippen molar-refractivity contribution in [2.24, 2.45) is 5.41 Å². The fraction of sp³-hybridized carbons (Fsp3) is 0.833. The molecule has 0 amide bonds. The number of rotatable bonds is 2. The molecular weight excluding hydrogens is 158 g/mol. The van der Waals surface area contributed by atoms with E-state index in [2.05, 4.69) is 17.5 Å². The second-order valence-electron chi connectivity index (χ2n) is 5.11. The van der Waals surface area contributed by atoms with E-state index in [4.69, 9.17) is 0 Å². The molecule has 1 heteroatoms. The van der Waals surface area contributed by atoms with E-state index in [1.54, 1.807) is 0 Å². The third-order valence-corrected chi connectivity index (χ3v) is 4.46. The highest BCUT2D eigenvalue weighted by atomic mass is 15.0. The molecule has 1 N–H and O–H groups in total. The lowest BCUT2D eigenvalue weighted by Gasteiger charge is -2.57. The molecule has 0 aromatic heterocycles. The van der Waals surface area contributed by atoms with Crippen molar-refractivity contribution in [3.05, 3.63) is 12.2 Å². The molecule has 13 heavy (non-hydrogen) atoms. The highest BCUT2D eigenvalue weighted by molar-refractivity contribution is 5.08. The van der Waals surface area contributed by atoms with Gasteiger partial charge in [-0.2, -0.15) is 0 Å². The molecule has 2 saturated carbocycles. The highest BCUT2D eigenvalue weighted by Gasteiger charge is 2.50. The molecule has 0 aliphatic heterocycles. The molecule has 0 bridgehead atoms. The third-order valence-electron chi connectivity index (χ3n) is 4.46. The van der Waals surface area contributed by atoms with Gasteiger partial charge in [0.25, 0.3) is 0 Å². The first-order chi connectivity index (χ1) is 6.39. The molecule has 1 unspecified atom stereocenters. The van der Waals surface area contributed by atoms with E-state index in [0.717, 1.165) is 17.5 Å². The van der Waals surface area contributed by atoms with Gasteiger partial charge in [-0.05, 0) is 43.9 Å². The van der Waals surface area contributed by atoms with Gasteiger partial charge in [-0.25, -0.2) is 0 Å². The topological polar surface area (TPSA) is 12.0 Å². The molecule has 0 heterocycles. The lowest BCUT2D eigenvalue weighted by molar-refractivity contribution is -0.0221. The Morgan fingerprint density at radius 3 is 2.31 bits per heavy atom. The van der Waals surface area contributed by atoms with Crippen LogP contribution in [0, 0.1) is 5.41 Å². The summed E-state index contributed by atoms with van der Waals surface area (Å²) < 4.78 is 0. The second kappa shape index (κ2) is 2.84. The van der Waals surface area contributed by atoms with Crippen LogP contribution in [0.5, 0.6) is 0 Å². The first-order valence-electron chi connectivity index (χ1n) is 5.80. The maximum atomic E-state index is 3.85. The van der Waals surface area contributed by atoms with Gasteiger partial charge in [0.2, 0.25) is 0 Å². The third kappa shape index (κ3) is 1.17. The lowest BCUT2D eigenvalue weighted by Crippen LogP contribution is -2.58. The monoisotopic (exact) mass is 177 g/mol. The van der Waals surface area contributed by atoms with Crippen molar-refractivity contribution in [3.63, 3.8) is 0 Å². The van der Waals surface area contributed by atoms with Crippen LogP contribution in [0.25, 0.3) is 0 Å². The van der Waals surface area contributed by atoms with Crippen LogP contribution < -0.4 is 5.32 Å². The van der Waals surface area contributed by atoms with Gasteiger partial charge in [-0.15, -0.1) is 0 Å². The Kier molecular flexibility index (Phi) is 1.76. The van der Waals surface area contributed by atoms with Crippen LogP contribution in [0.3, 0.4) is 0 Å². The van der Waals surface area contributed by atoms with Crippen molar-refractivity contribution < 1.29 is 0 Å².